The Bertz CT molecular complexity index is 415. The van der Waals surface area contributed by atoms with Crippen molar-refractivity contribution in [3.05, 3.63) is 0 Å². The summed E-state index contributed by atoms with van der Waals surface area (Å²) in [5.41, 5.74) is -0.832. The summed E-state index contributed by atoms with van der Waals surface area (Å²) in [7, 11) is 1.39. The zero-order valence-electron chi connectivity index (χ0n) is 15.8. The molecule has 0 bridgehead atoms. The molecule has 1 heterocycles. The van der Waals surface area contributed by atoms with E-state index in [2.05, 4.69) is 4.74 Å². The minimum absolute atomic E-state index is 0.162. The third-order valence-electron chi connectivity index (χ3n) is 4.64. The first kappa shape index (κ1) is 20.9. The molecule has 1 N–H and O–H groups in total. The molecule has 1 fully saturated rings. The number of piperidine rings is 1. The molecule has 1 saturated heterocycles. The lowest BCUT2D eigenvalue weighted by atomic mass is 9.80. The molecular formula is C18H33NO5. The SMILES string of the molecule is COC(=O)CCCCCCC(=O)OC1CC(C)(C)N(O)C(C)(C)C1. The first-order valence-electron chi connectivity index (χ1n) is 8.84. The topological polar surface area (TPSA) is 76.1 Å². The summed E-state index contributed by atoms with van der Waals surface area (Å²) in [5.74, 6) is -0.360. The number of hydrogen-bond acceptors (Lipinski definition) is 6. The van der Waals surface area contributed by atoms with Gasteiger partial charge >= 0.3 is 11.9 Å². The molecule has 6 nitrogen and oxygen atoms in total. The van der Waals surface area contributed by atoms with Crippen LogP contribution >= 0.6 is 0 Å². The van der Waals surface area contributed by atoms with Crippen molar-refractivity contribution in [1.82, 2.24) is 5.06 Å². The number of methoxy groups -OCH3 is 1. The van der Waals surface area contributed by atoms with Crippen LogP contribution in [0.1, 0.15) is 79.1 Å². The fourth-order valence-corrected chi connectivity index (χ4v) is 3.50. The number of nitrogens with zero attached hydrogens (tertiary/aromatic N) is 1. The van der Waals surface area contributed by atoms with Crippen molar-refractivity contribution in [3.8, 4) is 0 Å². The van der Waals surface area contributed by atoms with Crippen LogP contribution in [0.4, 0.5) is 0 Å². The first-order valence-corrected chi connectivity index (χ1v) is 8.84. The minimum Gasteiger partial charge on any atom is -0.469 e. The molecule has 0 saturated carbocycles. The van der Waals surface area contributed by atoms with Crippen LogP contribution in [0.15, 0.2) is 0 Å². The summed E-state index contributed by atoms with van der Waals surface area (Å²) in [6.45, 7) is 7.82. The van der Waals surface area contributed by atoms with E-state index in [1.54, 1.807) is 0 Å². The van der Waals surface area contributed by atoms with Crippen molar-refractivity contribution in [1.29, 1.82) is 0 Å². The summed E-state index contributed by atoms with van der Waals surface area (Å²) in [6.07, 6.45) is 5.29. The van der Waals surface area contributed by atoms with Crippen LogP contribution < -0.4 is 0 Å². The monoisotopic (exact) mass is 343 g/mol. The Morgan fingerprint density at radius 1 is 0.958 bits per heavy atom. The molecule has 0 aromatic carbocycles. The number of hydroxylamine groups is 2. The number of unbranched alkanes of at least 4 members (excludes halogenated alkanes) is 3. The van der Waals surface area contributed by atoms with E-state index in [9.17, 15) is 14.8 Å². The molecule has 140 valence electrons. The lowest BCUT2D eigenvalue weighted by Gasteiger charge is -2.50. The Morgan fingerprint density at radius 3 is 1.88 bits per heavy atom. The van der Waals surface area contributed by atoms with Crippen molar-refractivity contribution in [2.24, 2.45) is 0 Å². The highest BCUT2D eigenvalue weighted by molar-refractivity contribution is 5.69. The van der Waals surface area contributed by atoms with E-state index in [0.717, 1.165) is 25.7 Å². The molecule has 0 radical (unpaired) electrons. The van der Waals surface area contributed by atoms with E-state index in [1.807, 2.05) is 27.7 Å². The van der Waals surface area contributed by atoms with Crippen molar-refractivity contribution in [3.63, 3.8) is 0 Å². The van der Waals surface area contributed by atoms with Crippen molar-refractivity contribution in [2.45, 2.75) is 96.2 Å². The molecule has 1 aliphatic heterocycles. The van der Waals surface area contributed by atoms with E-state index in [-0.39, 0.29) is 18.0 Å². The van der Waals surface area contributed by atoms with Crippen LogP contribution in [0.2, 0.25) is 0 Å². The number of esters is 2. The van der Waals surface area contributed by atoms with Gasteiger partial charge < -0.3 is 14.7 Å². The summed E-state index contributed by atoms with van der Waals surface area (Å²) in [4.78, 5) is 23.0. The fraction of sp³-hybridized carbons (Fsp3) is 0.889. The van der Waals surface area contributed by atoms with Crippen LogP contribution in [-0.2, 0) is 19.1 Å². The summed E-state index contributed by atoms with van der Waals surface area (Å²) < 4.78 is 10.2. The van der Waals surface area contributed by atoms with E-state index >= 15 is 0 Å². The zero-order valence-corrected chi connectivity index (χ0v) is 15.8. The third kappa shape index (κ3) is 6.40. The summed E-state index contributed by atoms with van der Waals surface area (Å²) >= 11 is 0. The molecule has 0 spiro atoms. The maximum absolute atomic E-state index is 12.0. The second-order valence-corrected chi connectivity index (χ2v) is 7.95. The number of carbonyl (C=O) groups is 2. The number of hydrogen-bond donors (Lipinski definition) is 1. The maximum atomic E-state index is 12.0. The summed E-state index contributed by atoms with van der Waals surface area (Å²) in [6, 6.07) is 0. The molecule has 0 atom stereocenters. The molecule has 0 unspecified atom stereocenters. The second kappa shape index (κ2) is 8.81. The highest BCUT2D eigenvalue weighted by Crippen LogP contribution is 2.38. The summed E-state index contributed by atoms with van der Waals surface area (Å²) in [5, 5.41) is 11.6. The normalized spacial score (nSPS) is 20.6. The van der Waals surface area contributed by atoms with Gasteiger partial charge in [-0.05, 0) is 40.5 Å². The molecule has 24 heavy (non-hydrogen) atoms. The lowest BCUT2D eigenvalue weighted by Crippen LogP contribution is -2.60. The zero-order chi connectivity index (χ0) is 18.4. The molecule has 1 aliphatic rings. The Labute approximate surface area is 145 Å². The molecule has 1 rings (SSSR count). The quantitative estimate of drug-likeness (QED) is 0.537. The van der Waals surface area contributed by atoms with Gasteiger partial charge in [-0.15, -0.1) is 0 Å². The van der Waals surface area contributed by atoms with Gasteiger partial charge in [0.2, 0.25) is 0 Å². The van der Waals surface area contributed by atoms with E-state index in [1.165, 1.54) is 12.2 Å². The van der Waals surface area contributed by atoms with Crippen LogP contribution in [0.25, 0.3) is 0 Å². The molecule has 6 heteroatoms. The van der Waals surface area contributed by atoms with Gasteiger partial charge in [0.05, 0.1) is 7.11 Å². The van der Waals surface area contributed by atoms with E-state index in [0.29, 0.717) is 25.7 Å². The van der Waals surface area contributed by atoms with Crippen LogP contribution in [-0.4, -0.2) is 46.5 Å². The number of ether oxygens (including phenoxy) is 2. The smallest absolute Gasteiger partial charge is 0.306 e. The Kier molecular flexibility index (Phi) is 7.67. The van der Waals surface area contributed by atoms with Crippen LogP contribution in [0.5, 0.6) is 0 Å². The first-order chi connectivity index (χ1) is 11.1. The van der Waals surface area contributed by atoms with E-state index in [4.69, 9.17) is 4.74 Å². The van der Waals surface area contributed by atoms with Gasteiger partial charge in [-0.3, -0.25) is 9.59 Å². The Hall–Kier alpha value is -1.14. The third-order valence-corrected chi connectivity index (χ3v) is 4.64. The molecular weight excluding hydrogens is 310 g/mol. The lowest BCUT2D eigenvalue weighted by molar-refractivity contribution is -0.259. The number of rotatable bonds is 8. The highest BCUT2D eigenvalue weighted by Gasteiger charge is 2.46. The molecule has 0 aliphatic carbocycles. The van der Waals surface area contributed by atoms with Gasteiger partial charge in [0, 0.05) is 36.8 Å². The van der Waals surface area contributed by atoms with Crippen LogP contribution in [0.3, 0.4) is 0 Å². The van der Waals surface area contributed by atoms with Gasteiger partial charge in [0.15, 0.2) is 0 Å². The van der Waals surface area contributed by atoms with Crippen molar-refractivity contribution in [2.75, 3.05) is 7.11 Å². The van der Waals surface area contributed by atoms with Gasteiger partial charge in [-0.25, -0.2) is 0 Å². The number of carbonyl (C=O) groups excluding carboxylic acids is 2. The Balaban J connectivity index is 2.27. The standard InChI is InChI=1S/C18H33NO5/c1-17(2)12-14(13-18(3,4)19(17)22)24-16(21)11-9-7-6-8-10-15(20)23-5/h14,22H,6-13H2,1-5H3. The largest absolute Gasteiger partial charge is 0.469 e. The highest BCUT2D eigenvalue weighted by atomic mass is 16.5. The molecule has 0 aromatic heterocycles. The van der Waals surface area contributed by atoms with Gasteiger partial charge in [0.1, 0.15) is 6.10 Å². The fourth-order valence-electron chi connectivity index (χ4n) is 3.50. The average molecular weight is 343 g/mol. The maximum Gasteiger partial charge on any atom is 0.306 e. The van der Waals surface area contributed by atoms with Gasteiger partial charge in [-0.1, -0.05) is 12.8 Å². The Morgan fingerprint density at radius 2 is 1.42 bits per heavy atom. The van der Waals surface area contributed by atoms with Crippen molar-refractivity contribution >= 4 is 11.9 Å². The minimum atomic E-state index is -0.416. The average Bonchev–Trinajstić information content (AvgIpc) is 2.47. The van der Waals surface area contributed by atoms with Crippen molar-refractivity contribution < 1.29 is 24.3 Å². The van der Waals surface area contributed by atoms with Gasteiger partial charge in [0.25, 0.3) is 0 Å². The van der Waals surface area contributed by atoms with E-state index < -0.39 is 11.1 Å². The van der Waals surface area contributed by atoms with Gasteiger partial charge in [-0.2, -0.15) is 5.06 Å². The predicted octanol–water partition coefficient (Wildman–Crippen LogP) is 3.45. The molecule has 0 amide bonds. The molecule has 0 aromatic rings. The van der Waals surface area contributed by atoms with Crippen LogP contribution in [0, 0.1) is 0 Å². The second-order valence-electron chi connectivity index (χ2n) is 7.95. The predicted molar refractivity (Wildman–Crippen MR) is 90.6 cm³/mol.